The van der Waals surface area contributed by atoms with Crippen LogP contribution in [-0.2, 0) is 0 Å². The minimum Gasteiger partial charge on any atom is -0.127 e. The van der Waals surface area contributed by atoms with E-state index in [1.807, 2.05) is 12.1 Å². The van der Waals surface area contributed by atoms with E-state index in [2.05, 4.69) is 13.8 Å². The third kappa shape index (κ3) is 3.16. The van der Waals surface area contributed by atoms with Crippen LogP contribution in [0.5, 0.6) is 0 Å². The Morgan fingerprint density at radius 1 is 1.46 bits per heavy atom. The van der Waals surface area contributed by atoms with Crippen LogP contribution in [0.1, 0.15) is 36.9 Å². The maximum atomic E-state index is 6.30. The van der Waals surface area contributed by atoms with Crippen molar-refractivity contribution in [3.05, 3.63) is 21.3 Å². The molecule has 13 heavy (non-hydrogen) atoms. The van der Waals surface area contributed by atoms with Crippen LogP contribution in [0, 0.1) is 5.92 Å². The smallest absolute Gasteiger partial charge is 0.0931 e. The molecule has 74 valence electrons. The van der Waals surface area contributed by atoms with Crippen molar-refractivity contribution < 1.29 is 0 Å². The molecule has 0 saturated carbocycles. The molecule has 0 N–H and O–H groups in total. The van der Waals surface area contributed by atoms with Crippen molar-refractivity contribution in [3.8, 4) is 0 Å². The number of rotatable bonds is 4. The third-order valence-corrected chi connectivity index (χ3v) is 4.22. The van der Waals surface area contributed by atoms with Gasteiger partial charge in [0.1, 0.15) is 0 Å². The van der Waals surface area contributed by atoms with E-state index in [1.165, 1.54) is 17.7 Å². The van der Waals surface area contributed by atoms with E-state index in [9.17, 15) is 0 Å². The van der Waals surface area contributed by atoms with Gasteiger partial charge in [0.2, 0.25) is 0 Å². The zero-order chi connectivity index (χ0) is 9.84. The fourth-order valence-electron chi connectivity index (χ4n) is 1.36. The van der Waals surface area contributed by atoms with Gasteiger partial charge in [0.25, 0.3) is 0 Å². The van der Waals surface area contributed by atoms with Gasteiger partial charge in [-0.3, -0.25) is 0 Å². The molecule has 2 atom stereocenters. The Morgan fingerprint density at radius 2 is 2.15 bits per heavy atom. The highest BCUT2D eigenvalue weighted by Crippen LogP contribution is 2.37. The van der Waals surface area contributed by atoms with Crippen LogP contribution in [0.15, 0.2) is 12.1 Å². The van der Waals surface area contributed by atoms with Gasteiger partial charge in [0, 0.05) is 4.88 Å². The molecule has 0 aliphatic heterocycles. The Balaban J connectivity index is 2.61. The normalized spacial score (nSPS) is 15.7. The van der Waals surface area contributed by atoms with E-state index >= 15 is 0 Å². The van der Waals surface area contributed by atoms with Gasteiger partial charge in [0.05, 0.1) is 9.71 Å². The number of thiophene rings is 1. The van der Waals surface area contributed by atoms with Gasteiger partial charge in [-0.2, -0.15) is 0 Å². The molecule has 3 heteroatoms. The Bertz CT molecular complexity index is 257. The molecule has 0 aliphatic carbocycles. The quantitative estimate of drug-likeness (QED) is 0.637. The zero-order valence-electron chi connectivity index (χ0n) is 7.89. The van der Waals surface area contributed by atoms with Gasteiger partial charge in [-0.25, -0.2) is 0 Å². The summed E-state index contributed by atoms with van der Waals surface area (Å²) in [5.41, 5.74) is 0. The summed E-state index contributed by atoms with van der Waals surface area (Å²) in [6.45, 7) is 4.37. The maximum Gasteiger partial charge on any atom is 0.0931 e. The van der Waals surface area contributed by atoms with Crippen LogP contribution in [0.25, 0.3) is 0 Å². The molecule has 0 amide bonds. The molecular formula is C10H14Cl2S. The van der Waals surface area contributed by atoms with Gasteiger partial charge >= 0.3 is 0 Å². The van der Waals surface area contributed by atoms with Crippen molar-refractivity contribution in [1.82, 2.24) is 0 Å². The molecule has 0 saturated heterocycles. The Morgan fingerprint density at radius 3 is 2.62 bits per heavy atom. The van der Waals surface area contributed by atoms with Gasteiger partial charge < -0.3 is 0 Å². The van der Waals surface area contributed by atoms with Gasteiger partial charge in [-0.15, -0.1) is 22.9 Å². The molecule has 0 aromatic carbocycles. The lowest BCUT2D eigenvalue weighted by Gasteiger charge is -2.15. The van der Waals surface area contributed by atoms with Crippen molar-refractivity contribution >= 4 is 34.5 Å². The Kier molecular flexibility index (Phi) is 4.57. The summed E-state index contributed by atoms with van der Waals surface area (Å²) in [5, 5.41) is 0.123. The van der Waals surface area contributed by atoms with Crippen molar-refractivity contribution in [3.63, 3.8) is 0 Å². The van der Waals surface area contributed by atoms with E-state index in [0.29, 0.717) is 5.92 Å². The van der Waals surface area contributed by atoms with Crippen LogP contribution in [0.3, 0.4) is 0 Å². The summed E-state index contributed by atoms with van der Waals surface area (Å²) in [6.07, 6.45) is 2.35. The highest BCUT2D eigenvalue weighted by Gasteiger charge is 2.17. The molecule has 0 spiro atoms. The van der Waals surface area contributed by atoms with E-state index in [1.54, 1.807) is 11.3 Å². The average Bonchev–Trinajstić information content (AvgIpc) is 2.51. The van der Waals surface area contributed by atoms with E-state index < -0.39 is 0 Å². The molecule has 2 unspecified atom stereocenters. The summed E-state index contributed by atoms with van der Waals surface area (Å²) in [4.78, 5) is 1.19. The molecule has 1 aromatic heterocycles. The van der Waals surface area contributed by atoms with Crippen molar-refractivity contribution in [2.75, 3.05) is 0 Å². The van der Waals surface area contributed by atoms with Crippen LogP contribution in [0.4, 0.5) is 0 Å². The van der Waals surface area contributed by atoms with Crippen molar-refractivity contribution in [1.29, 1.82) is 0 Å². The molecule has 1 heterocycles. The first-order valence-corrected chi connectivity index (χ1v) is 6.17. The maximum absolute atomic E-state index is 6.30. The summed E-state index contributed by atoms with van der Waals surface area (Å²) < 4.78 is 0.823. The average molecular weight is 237 g/mol. The predicted molar refractivity (Wildman–Crippen MR) is 62.0 cm³/mol. The lowest BCUT2D eigenvalue weighted by Crippen LogP contribution is -2.01. The molecule has 1 aromatic rings. The van der Waals surface area contributed by atoms with Crippen molar-refractivity contribution in [2.24, 2.45) is 5.92 Å². The van der Waals surface area contributed by atoms with E-state index in [-0.39, 0.29) is 5.38 Å². The number of alkyl halides is 1. The Hall–Kier alpha value is 0.280. The van der Waals surface area contributed by atoms with Crippen LogP contribution >= 0.6 is 34.5 Å². The van der Waals surface area contributed by atoms with E-state index in [4.69, 9.17) is 23.2 Å². The summed E-state index contributed by atoms with van der Waals surface area (Å²) in [6, 6.07) is 3.94. The van der Waals surface area contributed by atoms with Gasteiger partial charge in [-0.05, 0) is 24.5 Å². The SMILES string of the molecule is CCCC(C)C(Cl)c1ccc(Cl)s1. The number of hydrogen-bond donors (Lipinski definition) is 0. The summed E-state index contributed by atoms with van der Waals surface area (Å²) >= 11 is 13.7. The first-order valence-electron chi connectivity index (χ1n) is 4.54. The molecule has 0 fully saturated rings. The summed E-state index contributed by atoms with van der Waals surface area (Å²) in [7, 11) is 0. The van der Waals surface area contributed by atoms with Gasteiger partial charge in [0.15, 0.2) is 0 Å². The van der Waals surface area contributed by atoms with Crippen molar-refractivity contribution in [2.45, 2.75) is 32.1 Å². The standard InChI is InChI=1S/C10H14Cl2S/c1-3-4-7(2)10(12)8-5-6-9(11)13-8/h5-7,10H,3-4H2,1-2H3. The second kappa shape index (κ2) is 5.23. The first kappa shape index (κ1) is 11.4. The first-order chi connectivity index (χ1) is 6.15. The van der Waals surface area contributed by atoms with Crippen LogP contribution in [-0.4, -0.2) is 0 Å². The Labute approximate surface area is 93.9 Å². The topological polar surface area (TPSA) is 0 Å². The lowest BCUT2D eigenvalue weighted by atomic mass is 10.0. The molecule has 1 rings (SSSR count). The second-order valence-electron chi connectivity index (χ2n) is 3.31. The van der Waals surface area contributed by atoms with Crippen LogP contribution < -0.4 is 0 Å². The highest BCUT2D eigenvalue weighted by molar-refractivity contribution is 7.16. The van der Waals surface area contributed by atoms with Crippen LogP contribution in [0.2, 0.25) is 4.34 Å². The minimum absolute atomic E-state index is 0.123. The monoisotopic (exact) mass is 236 g/mol. The number of hydrogen-bond acceptors (Lipinski definition) is 1. The lowest BCUT2D eigenvalue weighted by molar-refractivity contribution is 0.511. The molecule has 0 nitrogen and oxygen atoms in total. The molecule has 0 aliphatic rings. The molecule has 0 radical (unpaired) electrons. The van der Waals surface area contributed by atoms with Gasteiger partial charge in [-0.1, -0.05) is 31.9 Å². The largest absolute Gasteiger partial charge is 0.127 e. The minimum atomic E-state index is 0.123. The fraction of sp³-hybridized carbons (Fsp3) is 0.600. The predicted octanol–water partition coefficient (Wildman–Crippen LogP) is 5.12. The summed E-state index contributed by atoms with van der Waals surface area (Å²) in [5.74, 6) is 0.529. The van der Waals surface area contributed by atoms with E-state index in [0.717, 1.165) is 4.34 Å². The molecule has 0 bridgehead atoms. The number of halogens is 2. The fourth-order valence-corrected chi connectivity index (χ4v) is 2.86. The second-order valence-corrected chi connectivity index (χ2v) is 5.53. The third-order valence-electron chi connectivity index (χ3n) is 2.11. The molecular weight excluding hydrogens is 223 g/mol. The highest BCUT2D eigenvalue weighted by atomic mass is 35.5. The zero-order valence-corrected chi connectivity index (χ0v) is 10.2.